The first kappa shape index (κ1) is 17.1. The Bertz CT molecular complexity index is 522. The number of amides is 1. The molecule has 122 valence electrons. The minimum absolute atomic E-state index is 0.0821. The molecule has 0 saturated carbocycles. The van der Waals surface area contributed by atoms with Gasteiger partial charge in [0.05, 0.1) is 6.61 Å². The summed E-state index contributed by atoms with van der Waals surface area (Å²) in [6.07, 6.45) is 0. The lowest BCUT2D eigenvalue weighted by Gasteiger charge is -2.36. The molecule has 0 aliphatic carbocycles. The van der Waals surface area contributed by atoms with Gasteiger partial charge in [-0.15, -0.1) is 0 Å². The smallest absolute Gasteiger partial charge is 0.241 e. The highest BCUT2D eigenvalue weighted by molar-refractivity contribution is 6.31. The molecule has 0 aromatic heterocycles. The molecular formula is C15H21ClFN3O2. The summed E-state index contributed by atoms with van der Waals surface area (Å²) in [7, 11) is 1.53. The van der Waals surface area contributed by atoms with Crippen LogP contribution in [0.5, 0.6) is 0 Å². The standard InChI is InChI=1S/C15H21ClFN3O2/c1-22-10-14(18)15(21)20-6-4-19(5-7-20)9-11-2-3-12(17)8-13(11)16/h2-3,8,14H,4-7,9-10,18H2,1H3. The molecule has 1 amide bonds. The summed E-state index contributed by atoms with van der Waals surface area (Å²) in [4.78, 5) is 16.0. The van der Waals surface area contributed by atoms with Crippen molar-refractivity contribution < 1.29 is 13.9 Å². The van der Waals surface area contributed by atoms with E-state index in [1.807, 2.05) is 0 Å². The quantitative estimate of drug-likeness (QED) is 0.879. The molecule has 0 radical (unpaired) electrons. The van der Waals surface area contributed by atoms with Gasteiger partial charge >= 0.3 is 0 Å². The zero-order valence-corrected chi connectivity index (χ0v) is 13.4. The van der Waals surface area contributed by atoms with E-state index in [0.717, 1.165) is 18.7 Å². The number of benzene rings is 1. The molecular weight excluding hydrogens is 309 g/mol. The van der Waals surface area contributed by atoms with E-state index >= 15 is 0 Å². The Morgan fingerprint density at radius 2 is 2.09 bits per heavy atom. The topological polar surface area (TPSA) is 58.8 Å². The Labute approximate surface area is 134 Å². The number of rotatable bonds is 5. The fourth-order valence-corrected chi connectivity index (χ4v) is 2.73. The number of ether oxygens (including phenoxy) is 1. The molecule has 1 saturated heterocycles. The number of piperazine rings is 1. The number of hydrogen-bond acceptors (Lipinski definition) is 4. The van der Waals surface area contributed by atoms with Gasteiger partial charge in [0.15, 0.2) is 0 Å². The molecule has 0 bridgehead atoms. The first-order valence-corrected chi connectivity index (χ1v) is 7.58. The van der Waals surface area contributed by atoms with Crippen LogP contribution in [0, 0.1) is 5.82 Å². The number of hydrogen-bond donors (Lipinski definition) is 1. The van der Waals surface area contributed by atoms with E-state index in [2.05, 4.69) is 4.90 Å². The molecule has 1 aliphatic heterocycles. The molecule has 2 rings (SSSR count). The van der Waals surface area contributed by atoms with Gasteiger partial charge < -0.3 is 15.4 Å². The van der Waals surface area contributed by atoms with Crippen LogP contribution in [0.1, 0.15) is 5.56 Å². The summed E-state index contributed by atoms with van der Waals surface area (Å²) in [5, 5.41) is 0.431. The zero-order chi connectivity index (χ0) is 16.1. The summed E-state index contributed by atoms with van der Waals surface area (Å²) < 4.78 is 18.0. The average molecular weight is 330 g/mol. The maximum absolute atomic E-state index is 13.0. The van der Waals surface area contributed by atoms with Gasteiger partial charge in [0.2, 0.25) is 5.91 Å². The first-order chi connectivity index (χ1) is 10.5. The molecule has 5 nitrogen and oxygen atoms in total. The normalized spacial score (nSPS) is 17.5. The molecule has 1 aliphatic rings. The predicted octanol–water partition coefficient (Wildman–Crippen LogP) is 1.10. The van der Waals surface area contributed by atoms with Crippen LogP contribution in [0.4, 0.5) is 4.39 Å². The second-order valence-corrected chi connectivity index (χ2v) is 5.81. The van der Waals surface area contributed by atoms with Gasteiger partial charge in [0.1, 0.15) is 11.9 Å². The fraction of sp³-hybridized carbons (Fsp3) is 0.533. The van der Waals surface area contributed by atoms with Crippen LogP contribution < -0.4 is 5.73 Å². The molecule has 7 heteroatoms. The van der Waals surface area contributed by atoms with Gasteiger partial charge in [-0.2, -0.15) is 0 Å². The van der Waals surface area contributed by atoms with E-state index in [-0.39, 0.29) is 18.3 Å². The third kappa shape index (κ3) is 4.39. The van der Waals surface area contributed by atoms with Crippen molar-refractivity contribution in [3.63, 3.8) is 0 Å². The summed E-state index contributed by atoms with van der Waals surface area (Å²) in [5.41, 5.74) is 6.66. The highest BCUT2D eigenvalue weighted by Crippen LogP contribution is 2.19. The van der Waals surface area contributed by atoms with E-state index in [1.165, 1.54) is 19.2 Å². The van der Waals surface area contributed by atoms with Crippen LogP contribution in [0.25, 0.3) is 0 Å². The largest absolute Gasteiger partial charge is 0.383 e. The lowest BCUT2D eigenvalue weighted by molar-refractivity contribution is -0.135. The highest BCUT2D eigenvalue weighted by atomic mass is 35.5. The second-order valence-electron chi connectivity index (χ2n) is 5.40. The predicted molar refractivity (Wildman–Crippen MR) is 83.1 cm³/mol. The number of methoxy groups -OCH3 is 1. The minimum Gasteiger partial charge on any atom is -0.383 e. The molecule has 1 fully saturated rings. The van der Waals surface area contributed by atoms with Crippen molar-refractivity contribution in [1.29, 1.82) is 0 Å². The number of carbonyl (C=O) groups excluding carboxylic acids is 1. The van der Waals surface area contributed by atoms with Crippen molar-refractivity contribution in [2.45, 2.75) is 12.6 Å². The Hall–Kier alpha value is -1.21. The lowest BCUT2D eigenvalue weighted by atomic mass is 10.2. The Morgan fingerprint density at radius 1 is 1.41 bits per heavy atom. The average Bonchev–Trinajstić information content (AvgIpc) is 2.50. The third-order valence-electron chi connectivity index (χ3n) is 3.76. The molecule has 1 unspecified atom stereocenters. The molecule has 1 aromatic rings. The molecule has 22 heavy (non-hydrogen) atoms. The van der Waals surface area contributed by atoms with Gasteiger partial charge in [-0.1, -0.05) is 17.7 Å². The van der Waals surface area contributed by atoms with Crippen LogP contribution in [-0.2, 0) is 16.1 Å². The molecule has 0 spiro atoms. The highest BCUT2D eigenvalue weighted by Gasteiger charge is 2.25. The molecule has 2 N–H and O–H groups in total. The molecule has 1 atom stereocenters. The zero-order valence-electron chi connectivity index (χ0n) is 12.6. The van der Waals surface area contributed by atoms with Crippen molar-refractivity contribution in [2.75, 3.05) is 39.9 Å². The van der Waals surface area contributed by atoms with Crippen molar-refractivity contribution in [2.24, 2.45) is 5.73 Å². The first-order valence-electron chi connectivity index (χ1n) is 7.21. The summed E-state index contributed by atoms with van der Waals surface area (Å²) >= 11 is 6.04. The fourth-order valence-electron chi connectivity index (χ4n) is 2.50. The van der Waals surface area contributed by atoms with Crippen LogP contribution in [-0.4, -0.2) is 61.6 Å². The second kappa shape index (κ2) is 7.87. The van der Waals surface area contributed by atoms with E-state index in [9.17, 15) is 9.18 Å². The van der Waals surface area contributed by atoms with E-state index < -0.39 is 6.04 Å². The maximum Gasteiger partial charge on any atom is 0.241 e. The van der Waals surface area contributed by atoms with Crippen molar-refractivity contribution in [3.05, 3.63) is 34.6 Å². The summed E-state index contributed by atoms with van der Waals surface area (Å²) in [5.74, 6) is -0.419. The summed E-state index contributed by atoms with van der Waals surface area (Å²) in [6, 6.07) is 3.82. The minimum atomic E-state index is -0.608. The summed E-state index contributed by atoms with van der Waals surface area (Å²) in [6.45, 7) is 3.58. The number of halogens is 2. The van der Waals surface area contributed by atoms with Gasteiger partial charge in [-0.25, -0.2) is 4.39 Å². The third-order valence-corrected chi connectivity index (χ3v) is 4.11. The SMILES string of the molecule is COCC(N)C(=O)N1CCN(Cc2ccc(F)cc2Cl)CC1. The number of nitrogens with two attached hydrogens (primary N) is 1. The van der Waals surface area contributed by atoms with Crippen molar-refractivity contribution in [3.8, 4) is 0 Å². The van der Waals surface area contributed by atoms with E-state index in [1.54, 1.807) is 11.0 Å². The van der Waals surface area contributed by atoms with Crippen LogP contribution in [0.3, 0.4) is 0 Å². The van der Waals surface area contributed by atoms with Crippen LogP contribution >= 0.6 is 11.6 Å². The lowest BCUT2D eigenvalue weighted by Crippen LogP contribution is -2.53. The monoisotopic (exact) mass is 329 g/mol. The molecule has 1 heterocycles. The van der Waals surface area contributed by atoms with Gasteiger partial charge in [0.25, 0.3) is 0 Å². The van der Waals surface area contributed by atoms with E-state index in [4.69, 9.17) is 22.1 Å². The maximum atomic E-state index is 13.0. The number of nitrogens with zero attached hydrogens (tertiary/aromatic N) is 2. The Balaban J connectivity index is 1.85. The Morgan fingerprint density at radius 3 is 2.68 bits per heavy atom. The number of carbonyl (C=O) groups is 1. The van der Waals surface area contributed by atoms with Gasteiger partial charge in [0, 0.05) is 44.9 Å². The van der Waals surface area contributed by atoms with Gasteiger partial charge in [-0.3, -0.25) is 9.69 Å². The van der Waals surface area contributed by atoms with Crippen molar-refractivity contribution >= 4 is 17.5 Å². The van der Waals surface area contributed by atoms with E-state index in [0.29, 0.717) is 24.7 Å². The van der Waals surface area contributed by atoms with Gasteiger partial charge in [-0.05, 0) is 17.7 Å². The Kier molecular flexibility index (Phi) is 6.14. The van der Waals surface area contributed by atoms with Crippen molar-refractivity contribution in [1.82, 2.24) is 9.80 Å². The van der Waals surface area contributed by atoms with Crippen LogP contribution in [0.15, 0.2) is 18.2 Å². The molecule has 1 aromatic carbocycles. The van der Waals surface area contributed by atoms with Crippen LogP contribution in [0.2, 0.25) is 5.02 Å².